The van der Waals surface area contributed by atoms with Crippen LogP contribution in [0.3, 0.4) is 0 Å². The van der Waals surface area contributed by atoms with Crippen molar-refractivity contribution < 1.29 is 19.3 Å². The van der Waals surface area contributed by atoms with Crippen LogP contribution in [-0.4, -0.2) is 29.1 Å². The molecule has 0 bridgehead atoms. The quantitative estimate of drug-likeness (QED) is 0.0639. The number of hydrogen-bond donors (Lipinski definition) is 0. The third-order valence-corrected chi connectivity index (χ3v) is 9.26. The van der Waals surface area contributed by atoms with Gasteiger partial charge in [-0.3, -0.25) is 20.2 Å². The molecule has 11 nitrogen and oxygen atoms in total. The second-order valence-electron chi connectivity index (χ2n) is 11.1. The van der Waals surface area contributed by atoms with Crippen molar-refractivity contribution in [3.05, 3.63) is 159 Å². The van der Waals surface area contributed by atoms with Gasteiger partial charge in [0.15, 0.2) is 0 Å². The Kier molecular flexibility index (Phi) is 8.59. The van der Waals surface area contributed by atoms with E-state index in [4.69, 9.17) is 14.5 Å². The Labute approximate surface area is 289 Å². The molecule has 0 amide bonds. The Morgan fingerprint density at radius 3 is 1.54 bits per heavy atom. The van der Waals surface area contributed by atoms with Crippen LogP contribution in [0.5, 0.6) is 11.5 Å². The number of nitro benzene ring substituents is 2. The highest BCUT2D eigenvalue weighted by Crippen LogP contribution is 2.39. The Hall–Kier alpha value is -6.66. The highest BCUT2D eigenvalue weighted by molar-refractivity contribution is 7.21. The third-order valence-electron chi connectivity index (χ3n) is 8.16. The highest BCUT2D eigenvalue weighted by Gasteiger charge is 2.20. The summed E-state index contributed by atoms with van der Waals surface area (Å²) in [5, 5.41) is 23.7. The number of nitro groups is 2. The smallest absolute Gasteiger partial charge is 0.269 e. The highest BCUT2D eigenvalue weighted by atomic mass is 32.1. The molecule has 246 valence electrons. The van der Waals surface area contributed by atoms with Gasteiger partial charge in [-0.1, -0.05) is 0 Å². The maximum atomic E-state index is 11.4. The van der Waals surface area contributed by atoms with Gasteiger partial charge in [-0.2, -0.15) is 4.58 Å². The van der Waals surface area contributed by atoms with Crippen molar-refractivity contribution in [2.24, 2.45) is 0 Å². The lowest BCUT2D eigenvalue weighted by molar-refractivity contribution is -0.385. The number of methoxy groups -OCH3 is 2. The summed E-state index contributed by atoms with van der Waals surface area (Å²) in [5.74, 6) is 1.51. The second kappa shape index (κ2) is 13.5. The summed E-state index contributed by atoms with van der Waals surface area (Å²) >= 11 is 1.59. The molecule has 7 rings (SSSR count). The van der Waals surface area contributed by atoms with E-state index < -0.39 is 9.85 Å². The van der Waals surface area contributed by atoms with E-state index in [9.17, 15) is 20.2 Å². The molecule has 5 aromatic rings. The van der Waals surface area contributed by atoms with Gasteiger partial charge < -0.3 is 14.4 Å². The number of aromatic nitrogens is 1. The van der Waals surface area contributed by atoms with Gasteiger partial charge in [0.25, 0.3) is 11.4 Å². The molecule has 5 aromatic carbocycles. The molecule has 1 heterocycles. The number of hydrogen-bond acceptors (Lipinski definition) is 9. The summed E-state index contributed by atoms with van der Waals surface area (Å²) in [6.07, 6.45) is 0. The Bertz CT molecular complexity index is 2290. The van der Waals surface area contributed by atoms with Crippen molar-refractivity contribution in [1.29, 1.82) is 0 Å². The maximum absolute atomic E-state index is 11.4. The van der Waals surface area contributed by atoms with Crippen LogP contribution in [0.1, 0.15) is 0 Å². The number of fused-ring (bicyclic) bond motifs is 2. The van der Waals surface area contributed by atoms with Crippen molar-refractivity contribution >= 4 is 61.4 Å². The van der Waals surface area contributed by atoms with Crippen LogP contribution in [0, 0.1) is 20.2 Å². The number of rotatable bonds is 9. The zero-order valence-corrected chi connectivity index (χ0v) is 27.6. The molecule has 0 unspecified atom stereocenters. The van der Waals surface area contributed by atoms with Gasteiger partial charge in [0, 0.05) is 77.7 Å². The van der Waals surface area contributed by atoms with E-state index in [-0.39, 0.29) is 11.4 Å². The molecule has 0 fully saturated rings. The van der Waals surface area contributed by atoms with Gasteiger partial charge >= 0.3 is 0 Å². The van der Waals surface area contributed by atoms with Crippen molar-refractivity contribution in [1.82, 2.24) is 9.56 Å². The molecule has 12 heteroatoms. The Balaban J connectivity index is 1.39. The minimum Gasteiger partial charge on any atom is -0.497 e. The van der Waals surface area contributed by atoms with Gasteiger partial charge in [0.2, 0.25) is 16.7 Å². The molecule has 0 radical (unpaired) electrons. The van der Waals surface area contributed by atoms with E-state index >= 15 is 0 Å². The van der Waals surface area contributed by atoms with Crippen molar-refractivity contribution in [3.8, 4) is 22.1 Å². The van der Waals surface area contributed by atoms with E-state index in [0.717, 1.165) is 54.7 Å². The summed E-state index contributed by atoms with van der Waals surface area (Å²) in [7, 11) is 3.28. The van der Waals surface area contributed by atoms with Gasteiger partial charge in [-0.25, -0.2) is 4.98 Å². The SMILES string of the molecule is COc1ccc([N+](c2ccc(OC)cc2)=c2ccc3nc4ccc(N(c5ccc([N+](=O)[O-])cc5)c5ccc([N+](=O)[O-])cc5)cc4sc-3c2)cc1. The average molecular weight is 683 g/mol. The fourth-order valence-electron chi connectivity index (χ4n) is 5.68. The van der Waals surface area contributed by atoms with Gasteiger partial charge in [-0.15, -0.1) is 11.3 Å². The fourth-order valence-corrected chi connectivity index (χ4v) is 6.72. The normalized spacial score (nSPS) is 10.9. The predicted octanol–water partition coefficient (Wildman–Crippen LogP) is 9.14. The van der Waals surface area contributed by atoms with Crippen LogP contribution in [0.25, 0.3) is 20.8 Å². The molecule has 0 aromatic heterocycles. The minimum atomic E-state index is -0.451. The van der Waals surface area contributed by atoms with E-state index in [1.54, 1.807) is 49.8 Å². The van der Waals surface area contributed by atoms with Crippen LogP contribution >= 0.6 is 11.3 Å². The Morgan fingerprint density at radius 2 is 1.06 bits per heavy atom. The summed E-state index contributed by atoms with van der Waals surface area (Å²) in [4.78, 5) is 29.6. The number of ether oxygens (including phenoxy) is 2. The molecular weight excluding hydrogens is 655 g/mol. The lowest BCUT2D eigenvalue weighted by Gasteiger charge is -2.25. The summed E-state index contributed by atoms with van der Waals surface area (Å²) < 4.78 is 13.9. The third kappa shape index (κ3) is 6.30. The molecular formula is C38H28N5O6S+. The first kappa shape index (κ1) is 31.9. The van der Waals surface area contributed by atoms with Crippen LogP contribution in [0.2, 0.25) is 0 Å². The van der Waals surface area contributed by atoms with Crippen LogP contribution < -0.4 is 24.3 Å². The largest absolute Gasteiger partial charge is 0.497 e. The zero-order chi connectivity index (χ0) is 34.8. The van der Waals surface area contributed by atoms with E-state index in [0.29, 0.717) is 11.4 Å². The standard InChI is InChI=1S/C38H28N5O6S/c1-48-33-17-11-27(12-18-33)41(28-13-19-34(49-2)20-14-28)32-16-22-36-38(24-32)50-37-23-31(15-21-35(37)39-36)40(25-3-7-29(8-4-25)42(44)45)26-5-9-30(10-6-26)43(46)47/h3-24H,1-2H3/q+1. The maximum Gasteiger partial charge on any atom is 0.269 e. The molecule has 0 N–H and O–H groups in total. The van der Waals surface area contributed by atoms with Crippen LogP contribution in [0.15, 0.2) is 133 Å². The predicted molar refractivity (Wildman–Crippen MR) is 195 cm³/mol. The summed E-state index contributed by atoms with van der Waals surface area (Å²) in [6.45, 7) is 0. The van der Waals surface area contributed by atoms with Crippen LogP contribution in [-0.2, 0) is 0 Å². The first-order valence-corrected chi connectivity index (χ1v) is 16.2. The van der Waals surface area contributed by atoms with E-state index in [1.807, 2.05) is 83.8 Å². The van der Waals surface area contributed by atoms with Crippen molar-refractivity contribution in [2.45, 2.75) is 0 Å². The zero-order valence-electron chi connectivity index (χ0n) is 26.8. The second-order valence-corrected chi connectivity index (χ2v) is 12.2. The minimum absolute atomic E-state index is 0.0390. The molecule has 0 spiro atoms. The molecule has 1 aliphatic heterocycles. The number of benzene rings is 6. The molecule has 50 heavy (non-hydrogen) atoms. The van der Waals surface area contributed by atoms with E-state index in [1.165, 1.54) is 24.3 Å². The molecule has 0 atom stereocenters. The monoisotopic (exact) mass is 682 g/mol. The summed E-state index contributed by atoms with van der Waals surface area (Å²) in [6, 6.07) is 40.1. The topological polar surface area (TPSA) is 124 Å². The molecule has 2 aliphatic rings. The van der Waals surface area contributed by atoms with Gasteiger partial charge in [0.1, 0.15) is 11.5 Å². The molecule has 0 saturated heterocycles. The molecule has 0 saturated carbocycles. The average Bonchev–Trinajstić information content (AvgIpc) is 3.15. The van der Waals surface area contributed by atoms with E-state index in [2.05, 4.69) is 10.6 Å². The number of non-ortho nitro benzene ring substituents is 2. The Morgan fingerprint density at radius 1 is 0.580 bits per heavy atom. The first-order chi connectivity index (χ1) is 24.3. The van der Waals surface area contributed by atoms with Crippen LogP contribution in [0.4, 0.5) is 39.8 Å². The number of anilines is 3. The number of nitrogens with zero attached hydrogens (tertiary/aromatic N) is 5. The van der Waals surface area contributed by atoms with Crippen molar-refractivity contribution in [3.63, 3.8) is 0 Å². The molecule has 1 aliphatic carbocycles. The van der Waals surface area contributed by atoms with Gasteiger partial charge in [-0.05, 0) is 72.8 Å². The van der Waals surface area contributed by atoms with Gasteiger partial charge in [0.05, 0.1) is 44.9 Å². The first-order valence-electron chi connectivity index (χ1n) is 15.4. The summed E-state index contributed by atoms with van der Waals surface area (Å²) in [5.41, 5.74) is 5.51. The van der Waals surface area contributed by atoms with Crippen molar-refractivity contribution in [2.75, 3.05) is 19.1 Å². The lowest BCUT2D eigenvalue weighted by Crippen LogP contribution is -2.21. The lowest BCUT2D eigenvalue weighted by atomic mass is 10.1. The fraction of sp³-hybridized carbons (Fsp3) is 0.0526.